The smallest absolute Gasteiger partial charge is 0.307 e. The van der Waals surface area contributed by atoms with E-state index in [1.165, 1.54) is 20.1 Å². The topological polar surface area (TPSA) is 69.7 Å². The summed E-state index contributed by atoms with van der Waals surface area (Å²) in [5, 5.41) is 0. The molecule has 0 bridgehead atoms. The Labute approximate surface area is 142 Å². The molecule has 2 rings (SSSR count). The fourth-order valence-corrected chi connectivity index (χ4v) is 3.42. The van der Waals surface area contributed by atoms with Gasteiger partial charge in [-0.2, -0.15) is 0 Å². The van der Waals surface area contributed by atoms with Gasteiger partial charge in [-0.25, -0.2) is 0 Å². The van der Waals surface area contributed by atoms with Crippen molar-refractivity contribution in [2.75, 3.05) is 0 Å². The second-order valence-electron chi connectivity index (χ2n) is 6.79. The molecule has 5 heteroatoms. The number of carbonyl (C=O) groups is 3. The van der Waals surface area contributed by atoms with Crippen LogP contribution in [0.2, 0.25) is 0 Å². The molecule has 0 radical (unpaired) electrons. The zero-order valence-electron chi connectivity index (χ0n) is 14.8. The first-order valence-corrected chi connectivity index (χ1v) is 8.16. The molecule has 0 amide bonds. The van der Waals surface area contributed by atoms with Crippen LogP contribution in [0.25, 0.3) is 0 Å². The van der Waals surface area contributed by atoms with Crippen molar-refractivity contribution in [3.05, 3.63) is 35.1 Å². The molecule has 0 aromatic carbocycles. The molecule has 24 heavy (non-hydrogen) atoms. The molecule has 3 atom stereocenters. The minimum atomic E-state index is -0.429. The highest BCUT2D eigenvalue weighted by molar-refractivity contribution is 6.09. The van der Waals surface area contributed by atoms with Crippen LogP contribution in [0.1, 0.15) is 47.5 Å². The van der Waals surface area contributed by atoms with Crippen LogP contribution in [0.15, 0.2) is 35.1 Å². The van der Waals surface area contributed by atoms with E-state index in [2.05, 4.69) is 13.8 Å². The van der Waals surface area contributed by atoms with Crippen molar-refractivity contribution in [3.63, 3.8) is 0 Å². The average Bonchev–Trinajstić information content (AvgIpc) is 2.49. The number of fused-ring (bicyclic) bond motifs is 1. The van der Waals surface area contributed by atoms with Gasteiger partial charge in [-0.3, -0.25) is 14.4 Å². The highest BCUT2D eigenvalue weighted by Gasteiger charge is 2.45. The number of rotatable bonds is 3. The lowest BCUT2D eigenvalue weighted by molar-refractivity contribution is -0.146. The molecule has 1 saturated carbocycles. The highest BCUT2D eigenvalue weighted by Crippen LogP contribution is 2.50. The van der Waals surface area contributed by atoms with Gasteiger partial charge in [-0.1, -0.05) is 19.9 Å². The largest absolute Gasteiger partial charge is 0.458 e. The maximum Gasteiger partial charge on any atom is 0.307 e. The maximum absolute atomic E-state index is 12.5. The Morgan fingerprint density at radius 1 is 1.21 bits per heavy atom. The predicted octanol–water partition coefficient (Wildman–Crippen LogP) is 3.26. The second kappa shape index (κ2) is 6.75. The van der Waals surface area contributed by atoms with E-state index in [0.717, 1.165) is 18.4 Å². The van der Waals surface area contributed by atoms with Crippen molar-refractivity contribution < 1.29 is 23.9 Å². The standard InChI is InChI=1S/C19H24O5/c1-11(10-23-13(3)20)15-9-19(5)12(2)6-7-18(24-14(4)21)16(19)8-17(15)22/h8-10,12,18H,6-7H2,1-5H3. The summed E-state index contributed by atoms with van der Waals surface area (Å²) >= 11 is 0. The van der Waals surface area contributed by atoms with E-state index in [4.69, 9.17) is 9.47 Å². The summed E-state index contributed by atoms with van der Waals surface area (Å²) in [5.74, 6) is -0.623. The Morgan fingerprint density at radius 2 is 1.88 bits per heavy atom. The molecule has 2 aliphatic carbocycles. The monoisotopic (exact) mass is 332 g/mol. The molecule has 3 unspecified atom stereocenters. The lowest BCUT2D eigenvalue weighted by Crippen LogP contribution is -2.41. The predicted molar refractivity (Wildman–Crippen MR) is 88.8 cm³/mol. The Balaban J connectivity index is 2.40. The number of esters is 2. The quantitative estimate of drug-likeness (QED) is 0.586. The molecule has 0 N–H and O–H groups in total. The molecular weight excluding hydrogens is 308 g/mol. The molecule has 0 spiro atoms. The van der Waals surface area contributed by atoms with Crippen molar-refractivity contribution in [1.29, 1.82) is 0 Å². The fraction of sp³-hybridized carbons (Fsp3) is 0.526. The van der Waals surface area contributed by atoms with Gasteiger partial charge in [0.25, 0.3) is 0 Å². The highest BCUT2D eigenvalue weighted by atomic mass is 16.5. The summed E-state index contributed by atoms with van der Waals surface area (Å²) < 4.78 is 10.3. The summed E-state index contributed by atoms with van der Waals surface area (Å²) in [6.07, 6.45) is 6.09. The van der Waals surface area contributed by atoms with Crippen molar-refractivity contribution in [2.45, 2.75) is 53.6 Å². The van der Waals surface area contributed by atoms with Gasteiger partial charge in [-0.05, 0) is 42.9 Å². The molecular formula is C19H24O5. The third-order valence-electron chi connectivity index (χ3n) is 4.99. The first-order valence-electron chi connectivity index (χ1n) is 8.16. The number of carbonyl (C=O) groups excluding carboxylic acids is 3. The molecule has 0 aromatic rings. The van der Waals surface area contributed by atoms with Crippen LogP contribution in [-0.4, -0.2) is 23.8 Å². The molecule has 0 heterocycles. The van der Waals surface area contributed by atoms with Crippen LogP contribution in [0.4, 0.5) is 0 Å². The Kier molecular flexibility index (Phi) is 5.11. The summed E-state index contributed by atoms with van der Waals surface area (Å²) in [4.78, 5) is 34.9. The van der Waals surface area contributed by atoms with Crippen molar-refractivity contribution >= 4 is 17.7 Å². The zero-order chi connectivity index (χ0) is 18.1. The van der Waals surface area contributed by atoms with Crippen LogP contribution >= 0.6 is 0 Å². The molecule has 1 fully saturated rings. The van der Waals surface area contributed by atoms with Crippen molar-refractivity contribution in [1.82, 2.24) is 0 Å². The van der Waals surface area contributed by atoms with Crippen molar-refractivity contribution in [3.8, 4) is 0 Å². The molecule has 2 aliphatic rings. The molecule has 0 aliphatic heterocycles. The van der Waals surface area contributed by atoms with Gasteiger partial charge < -0.3 is 9.47 Å². The van der Waals surface area contributed by atoms with Gasteiger partial charge in [0.05, 0.1) is 6.26 Å². The van der Waals surface area contributed by atoms with E-state index in [1.807, 2.05) is 6.08 Å². The Bertz CT molecular complexity index is 667. The maximum atomic E-state index is 12.5. The van der Waals surface area contributed by atoms with E-state index < -0.39 is 5.97 Å². The van der Waals surface area contributed by atoms with E-state index in [-0.39, 0.29) is 23.3 Å². The first kappa shape index (κ1) is 18.2. The average molecular weight is 332 g/mol. The Hall–Kier alpha value is -2.17. The van der Waals surface area contributed by atoms with Gasteiger partial charge in [0.1, 0.15) is 6.10 Å². The normalized spacial score (nSPS) is 30.0. The first-order chi connectivity index (χ1) is 11.1. The summed E-state index contributed by atoms with van der Waals surface area (Å²) in [7, 11) is 0. The van der Waals surface area contributed by atoms with E-state index in [0.29, 0.717) is 17.1 Å². The second-order valence-corrected chi connectivity index (χ2v) is 6.79. The summed E-state index contributed by atoms with van der Waals surface area (Å²) in [6.45, 7) is 8.63. The van der Waals surface area contributed by atoms with Crippen LogP contribution < -0.4 is 0 Å². The Morgan fingerprint density at radius 3 is 2.46 bits per heavy atom. The summed E-state index contributed by atoms with van der Waals surface area (Å²) in [6, 6.07) is 0. The van der Waals surface area contributed by atoms with Gasteiger partial charge in [0.15, 0.2) is 5.78 Å². The molecule has 130 valence electrons. The van der Waals surface area contributed by atoms with Gasteiger partial charge >= 0.3 is 11.9 Å². The van der Waals surface area contributed by atoms with Gasteiger partial charge in [0.2, 0.25) is 0 Å². The lowest BCUT2D eigenvalue weighted by atomic mass is 9.61. The van der Waals surface area contributed by atoms with Crippen LogP contribution in [0.3, 0.4) is 0 Å². The molecule has 0 aromatic heterocycles. The van der Waals surface area contributed by atoms with E-state index in [9.17, 15) is 14.4 Å². The molecule has 5 nitrogen and oxygen atoms in total. The minimum absolute atomic E-state index is 0.158. The van der Waals surface area contributed by atoms with Crippen molar-refractivity contribution in [2.24, 2.45) is 11.3 Å². The van der Waals surface area contributed by atoms with E-state index >= 15 is 0 Å². The van der Waals surface area contributed by atoms with Crippen LogP contribution in [0, 0.1) is 11.3 Å². The summed E-state index contributed by atoms with van der Waals surface area (Å²) in [5.41, 5.74) is 1.62. The molecule has 0 saturated heterocycles. The number of allylic oxidation sites excluding steroid dienone is 4. The lowest BCUT2D eigenvalue weighted by Gasteiger charge is -2.45. The van der Waals surface area contributed by atoms with E-state index in [1.54, 1.807) is 13.0 Å². The van der Waals surface area contributed by atoms with Crippen LogP contribution in [0.5, 0.6) is 0 Å². The SMILES string of the molecule is CC(=O)OC=C(C)C1=CC2(C)C(=CC1=O)C(OC(C)=O)CCC2C. The van der Waals surface area contributed by atoms with Crippen LogP contribution in [-0.2, 0) is 23.9 Å². The minimum Gasteiger partial charge on any atom is -0.458 e. The number of ether oxygens (including phenoxy) is 2. The number of ketones is 1. The zero-order valence-corrected chi connectivity index (χ0v) is 14.8. The third kappa shape index (κ3) is 3.50. The fourth-order valence-electron chi connectivity index (χ4n) is 3.42. The third-order valence-corrected chi connectivity index (χ3v) is 4.99. The van der Waals surface area contributed by atoms with Gasteiger partial charge in [-0.15, -0.1) is 0 Å². The number of hydrogen-bond acceptors (Lipinski definition) is 5. The number of hydrogen-bond donors (Lipinski definition) is 0. The van der Waals surface area contributed by atoms with Gasteiger partial charge in [0, 0.05) is 24.8 Å².